The molecule has 2 atom stereocenters. The average molecular weight is 493 g/mol. The van der Waals surface area contributed by atoms with Gasteiger partial charge in [0, 0.05) is 49.8 Å². The van der Waals surface area contributed by atoms with Crippen LogP contribution in [0.1, 0.15) is 18.1 Å². The Morgan fingerprint density at radius 2 is 1.69 bits per heavy atom. The molecule has 1 aliphatic heterocycles. The fourth-order valence-electron chi connectivity index (χ4n) is 5.06. The predicted octanol–water partition coefficient (Wildman–Crippen LogP) is 3.59. The molecular weight excluding hydrogens is 460 g/mol. The Hall–Kier alpha value is -2.97. The summed E-state index contributed by atoms with van der Waals surface area (Å²) >= 11 is 0. The van der Waals surface area contributed by atoms with Crippen molar-refractivity contribution in [3.05, 3.63) is 66.0 Å². The number of rotatable bonds is 9. The zero-order valence-electron chi connectivity index (χ0n) is 20.4. The van der Waals surface area contributed by atoms with Gasteiger partial charge in [0.05, 0.1) is 11.5 Å². The summed E-state index contributed by atoms with van der Waals surface area (Å²) in [7, 11) is -1.28. The van der Waals surface area contributed by atoms with Gasteiger partial charge in [-0.1, -0.05) is 25.1 Å². The first-order valence-electron chi connectivity index (χ1n) is 12.1. The van der Waals surface area contributed by atoms with Gasteiger partial charge in [-0.05, 0) is 66.3 Å². The van der Waals surface area contributed by atoms with Crippen LogP contribution in [-0.4, -0.2) is 51.4 Å². The maximum Gasteiger partial charge on any atom is 0.225 e. The molecule has 1 N–H and O–H groups in total. The standard InChI is InChI=1S/C27H32N4O3S/c1-4-18-12-29-27(30-13-18)31-15-23-24(16-31)25(23)17-34-26-10-7-20(11-21(26)14-28-2)19-5-8-22(9-6-19)35(3,32)33/h5-13,23-25,28H,4,14-17H2,1-3H3. The molecule has 1 aliphatic carbocycles. The summed E-state index contributed by atoms with van der Waals surface area (Å²) in [6.45, 7) is 5.52. The molecule has 0 bridgehead atoms. The first-order chi connectivity index (χ1) is 16.9. The molecule has 1 saturated carbocycles. The highest BCUT2D eigenvalue weighted by atomic mass is 32.2. The summed E-state index contributed by atoms with van der Waals surface area (Å²) in [6, 6.07) is 13.2. The van der Waals surface area contributed by atoms with E-state index in [9.17, 15) is 8.42 Å². The molecule has 3 aromatic rings. The quantitative estimate of drug-likeness (QED) is 0.489. The van der Waals surface area contributed by atoms with Crippen LogP contribution < -0.4 is 15.0 Å². The summed E-state index contributed by atoms with van der Waals surface area (Å²) in [5.74, 6) is 3.60. The van der Waals surface area contributed by atoms with Gasteiger partial charge in [0.2, 0.25) is 5.95 Å². The second-order valence-corrected chi connectivity index (χ2v) is 11.6. The number of fused-ring (bicyclic) bond motifs is 1. The number of nitrogens with zero attached hydrogens (tertiary/aromatic N) is 3. The molecule has 1 saturated heterocycles. The van der Waals surface area contributed by atoms with Gasteiger partial charge in [-0.2, -0.15) is 0 Å². The van der Waals surface area contributed by atoms with E-state index in [4.69, 9.17) is 4.74 Å². The molecule has 0 spiro atoms. The second kappa shape index (κ2) is 9.59. The Labute approximate surface area is 207 Å². The lowest BCUT2D eigenvalue weighted by molar-refractivity contribution is 0.280. The first-order valence-corrected chi connectivity index (χ1v) is 14.0. The van der Waals surface area contributed by atoms with Gasteiger partial charge in [0.15, 0.2) is 9.84 Å². The van der Waals surface area contributed by atoms with Crippen molar-refractivity contribution in [2.75, 3.05) is 37.9 Å². The number of ether oxygens (including phenoxy) is 1. The van der Waals surface area contributed by atoms with Gasteiger partial charge < -0.3 is 15.0 Å². The van der Waals surface area contributed by atoms with Crippen molar-refractivity contribution < 1.29 is 13.2 Å². The topological polar surface area (TPSA) is 84.4 Å². The van der Waals surface area contributed by atoms with Crippen molar-refractivity contribution in [1.29, 1.82) is 0 Å². The third kappa shape index (κ3) is 5.04. The number of anilines is 1. The van der Waals surface area contributed by atoms with E-state index >= 15 is 0 Å². The Morgan fingerprint density at radius 3 is 2.29 bits per heavy atom. The van der Waals surface area contributed by atoms with E-state index in [1.807, 2.05) is 43.7 Å². The SMILES string of the molecule is CCc1cnc(N2CC3C(COc4ccc(-c5ccc(S(C)(=O)=O)cc5)cc4CNC)C3C2)nc1. The van der Waals surface area contributed by atoms with Crippen molar-refractivity contribution in [2.45, 2.75) is 24.8 Å². The van der Waals surface area contributed by atoms with Crippen molar-refractivity contribution in [2.24, 2.45) is 17.8 Å². The number of piperidine rings is 1. The van der Waals surface area contributed by atoms with E-state index in [2.05, 4.69) is 33.2 Å². The largest absolute Gasteiger partial charge is 0.493 e. The molecule has 1 aromatic heterocycles. The minimum absolute atomic E-state index is 0.328. The molecule has 5 rings (SSSR count). The molecular formula is C27H32N4O3S. The van der Waals surface area contributed by atoms with Gasteiger partial charge in [-0.15, -0.1) is 0 Å². The zero-order chi connectivity index (χ0) is 24.6. The van der Waals surface area contributed by atoms with E-state index < -0.39 is 9.84 Å². The zero-order valence-corrected chi connectivity index (χ0v) is 21.3. The number of nitrogens with one attached hydrogen (secondary N) is 1. The normalized spacial score (nSPS) is 21.1. The highest BCUT2D eigenvalue weighted by molar-refractivity contribution is 7.90. The minimum Gasteiger partial charge on any atom is -0.493 e. The van der Waals surface area contributed by atoms with Crippen LogP contribution in [0.15, 0.2) is 59.8 Å². The fourth-order valence-corrected chi connectivity index (χ4v) is 5.69. The van der Waals surface area contributed by atoms with Crippen LogP contribution in [0.4, 0.5) is 5.95 Å². The Morgan fingerprint density at radius 1 is 1.03 bits per heavy atom. The van der Waals surface area contributed by atoms with Crippen LogP contribution in [0.5, 0.6) is 5.75 Å². The lowest BCUT2D eigenvalue weighted by Gasteiger charge is -2.20. The van der Waals surface area contributed by atoms with E-state index in [1.165, 1.54) is 11.8 Å². The summed E-state index contributed by atoms with van der Waals surface area (Å²) in [5, 5.41) is 3.23. The van der Waals surface area contributed by atoms with E-state index in [-0.39, 0.29) is 0 Å². The third-order valence-corrected chi connectivity index (χ3v) is 8.36. The smallest absolute Gasteiger partial charge is 0.225 e. The molecule has 2 aliphatic rings. The maximum absolute atomic E-state index is 11.7. The predicted molar refractivity (Wildman–Crippen MR) is 137 cm³/mol. The summed E-state index contributed by atoms with van der Waals surface area (Å²) < 4.78 is 29.8. The number of benzene rings is 2. The number of hydrogen-bond donors (Lipinski definition) is 1. The van der Waals surface area contributed by atoms with Gasteiger partial charge in [-0.25, -0.2) is 18.4 Å². The number of hydrogen-bond acceptors (Lipinski definition) is 7. The number of aryl methyl sites for hydroxylation is 1. The van der Waals surface area contributed by atoms with Crippen LogP contribution >= 0.6 is 0 Å². The highest BCUT2D eigenvalue weighted by Crippen LogP contribution is 2.52. The Bertz CT molecular complexity index is 1280. The molecule has 35 heavy (non-hydrogen) atoms. The minimum atomic E-state index is -3.20. The molecule has 7 nitrogen and oxygen atoms in total. The average Bonchev–Trinajstić information content (AvgIpc) is 3.31. The first kappa shape index (κ1) is 23.8. The van der Waals surface area contributed by atoms with Crippen molar-refractivity contribution >= 4 is 15.8 Å². The van der Waals surface area contributed by atoms with Gasteiger partial charge in [0.25, 0.3) is 0 Å². The molecule has 2 aromatic carbocycles. The van der Waals surface area contributed by atoms with Crippen molar-refractivity contribution in [3.8, 4) is 16.9 Å². The molecule has 2 fully saturated rings. The molecule has 184 valence electrons. The fraction of sp³-hybridized carbons (Fsp3) is 0.407. The lowest BCUT2D eigenvalue weighted by Crippen LogP contribution is -2.27. The second-order valence-electron chi connectivity index (χ2n) is 9.60. The molecule has 2 unspecified atom stereocenters. The van der Waals surface area contributed by atoms with Crippen LogP contribution in [0, 0.1) is 17.8 Å². The monoisotopic (exact) mass is 492 g/mol. The number of aromatic nitrogens is 2. The van der Waals surface area contributed by atoms with Crippen LogP contribution in [0.3, 0.4) is 0 Å². The third-order valence-electron chi connectivity index (χ3n) is 7.23. The van der Waals surface area contributed by atoms with E-state index in [0.717, 1.165) is 54.5 Å². The van der Waals surface area contributed by atoms with Crippen molar-refractivity contribution in [1.82, 2.24) is 15.3 Å². The van der Waals surface area contributed by atoms with Gasteiger partial charge in [-0.3, -0.25) is 0 Å². The highest BCUT2D eigenvalue weighted by Gasteiger charge is 2.56. The Kier molecular flexibility index (Phi) is 6.51. The Balaban J connectivity index is 1.21. The summed E-state index contributed by atoms with van der Waals surface area (Å²) in [5.41, 5.74) is 4.27. The summed E-state index contributed by atoms with van der Waals surface area (Å²) in [6.07, 6.45) is 6.04. The maximum atomic E-state index is 11.7. The van der Waals surface area contributed by atoms with Gasteiger partial charge >= 0.3 is 0 Å². The molecule has 0 amide bonds. The summed E-state index contributed by atoms with van der Waals surface area (Å²) in [4.78, 5) is 11.7. The van der Waals surface area contributed by atoms with Crippen LogP contribution in [0.25, 0.3) is 11.1 Å². The van der Waals surface area contributed by atoms with Gasteiger partial charge in [0.1, 0.15) is 5.75 Å². The molecule has 0 radical (unpaired) electrons. The van der Waals surface area contributed by atoms with Crippen LogP contribution in [-0.2, 0) is 22.8 Å². The van der Waals surface area contributed by atoms with E-state index in [0.29, 0.717) is 29.2 Å². The van der Waals surface area contributed by atoms with Crippen LogP contribution in [0.2, 0.25) is 0 Å². The molecule has 8 heteroatoms. The lowest BCUT2D eigenvalue weighted by atomic mass is 10.0. The number of sulfone groups is 1. The molecule has 2 heterocycles. The van der Waals surface area contributed by atoms with Crippen molar-refractivity contribution in [3.63, 3.8) is 0 Å². The van der Waals surface area contributed by atoms with E-state index in [1.54, 1.807) is 12.1 Å².